The average molecular weight is 547 g/mol. The molecule has 2 aliphatic carbocycles. The SMILES string of the molecule is CC1=C(C)[CH]([SnH3])[C]([Zr][C]2=C(C)C(C)=C(C)[CH]2[SnH3])=C1C. The van der Waals surface area contributed by atoms with Crippen molar-refractivity contribution in [1.29, 1.82) is 0 Å². The summed E-state index contributed by atoms with van der Waals surface area (Å²) in [6.07, 6.45) is 0. The van der Waals surface area contributed by atoms with E-state index in [1.54, 1.807) is 33.4 Å². The predicted molar refractivity (Wildman–Crippen MR) is 89.5 cm³/mol. The van der Waals surface area contributed by atoms with Crippen molar-refractivity contribution in [3.05, 3.63) is 40.0 Å². The normalized spacial score (nSPS) is 28.5. The Morgan fingerprint density at radius 3 is 1.16 bits per heavy atom. The molecule has 2 unspecified atom stereocenters. The molecule has 2 rings (SSSR count). The molecule has 0 aromatic heterocycles. The van der Waals surface area contributed by atoms with E-state index in [-0.39, 0.29) is 0 Å². The number of rotatable bonds is 2. The van der Waals surface area contributed by atoms with Gasteiger partial charge in [0.25, 0.3) is 0 Å². The van der Waals surface area contributed by atoms with Crippen molar-refractivity contribution in [3.8, 4) is 0 Å². The molecule has 0 aromatic rings. The molecular weight excluding hydrogens is 521 g/mol. The van der Waals surface area contributed by atoms with E-state index in [4.69, 9.17) is 0 Å². The van der Waals surface area contributed by atoms with Gasteiger partial charge in [-0.05, 0) is 0 Å². The fraction of sp³-hybridized carbons (Fsp3) is 0.500. The van der Waals surface area contributed by atoms with Crippen molar-refractivity contribution in [2.45, 2.75) is 49.4 Å². The van der Waals surface area contributed by atoms with Crippen LogP contribution in [0.3, 0.4) is 0 Å². The van der Waals surface area contributed by atoms with E-state index in [9.17, 15) is 0 Å². The van der Waals surface area contributed by atoms with Crippen LogP contribution in [0.25, 0.3) is 0 Å². The molecule has 0 aromatic carbocycles. The van der Waals surface area contributed by atoms with Crippen LogP contribution in [-0.4, -0.2) is 45.0 Å². The molecule has 0 aliphatic heterocycles. The summed E-state index contributed by atoms with van der Waals surface area (Å²) in [5.41, 5.74) is 10.1. The zero-order valence-electron chi connectivity index (χ0n) is 13.7. The van der Waals surface area contributed by atoms with Gasteiger partial charge in [0, 0.05) is 0 Å². The van der Waals surface area contributed by atoms with E-state index in [0.717, 1.165) is 52.9 Å². The second-order valence-corrected chi connectivity index (χ2v) is 16.1. The molecule has 2 aliphatic rings. The first kappa shape index (κ1) is 16.8. The summed E-state index contributed by atoms with van der Waals surface area (Å²) in [4.78, 5) is 0. The summed E-state index contributed by atoms with van der Waals surface area (Å²) in [6, 6.07) is 0. The third-order valence-electron chi connectivity index (χ3n) is 5.55. The molecule has 0 heterocycles. The Hall–Kier alpha value is 1.44. The Balaban J connectivity index is 2.32. The van der Waals surface area contributed by atoms with Crippen molar-refractivity contribution in [2.24, 2.45) is 0 Å². The van der Waals surface area contributed by atoms with E-state index in [1.807, 2.05) is 6.56 Å². The molecule has 2 atom stereocenters. The minimum absolute atomic E-state index is 0.496. The summed E-state index contributed by atoms with van der Waals surface area (Å²) in [6.45, 7) is 14.3. The summed E-state index contributed by atoms with van der Waals surface area (Å²) < 4.78 is 5.78. The van der Waals surface area contributed by atoms with Gasteiger partial charge >= 0.3 is 158 Å². The van der Waals surface area contributed by atoms with Crippen LogP contribution >= 0.6 is 0 Å². The summed E-state index contributed by atoms with van der Waals surface area (Å²) in [5.74, 6) is 0. The van der Waals surface area contributed by atoms with Gasteiger partial charge in [-0.2, -0.15) is 0 Å². The first-order chi connectivity index (χ1) is 8.77. The van der Waals surface area contributed by atoms with E-state index < -0.39 is 23.2 Å². The molecule has 0 spiro atoms. The molecule has 0 saturated carbocycles. The summed E-state index contributed by atoms with van der Waals surface area (Å²) in [7, 11) is 0. The van der Waals surface area contributed by atoms with Crippen LogP contribution in [0, 0.1) is 0 Å². The van der Waals surface area contributed by atoms with E-state index in [0.29, 0.717) is 0 Å². The summed E-state index contributed by atoms with van der Waals surface area (Å²) >= 11 is 0.982. The van der Waals surface area contributed by atoms with Crippen LogP contribution in [0.5, 0.6) is 0 Å². The van der Waals surface area contributed by atoms with Crippen LogP contribution in [-0.2, 0) is 23.2 Å². The van der Waals surface area contributed by atoms with Gasteiger partial charge in [-0.1, -0.05) is 0 Å². The molecule has 3 heteroatoms. The maximum atomic E-state index is 2.40. The Kier molecular flexibility index (Phi) is 5.56. The molecule has 102 valence electrons. The monoisotopic (exact) mass is 548 g/mol. The Labute approximate surface area is 156 Å². The third kappa shape index (κ3) is 2.86. The maximum absolute atomic E-state index is 2.40. The molecular formula is C16H26Sn2Zr. The quantitative estimate of drug-likeness (QED) is 0.467. The molecule has 0 amide bonds. The first-order valence-corrected chi connectivity index (χ1v) is 16.4. The second kappa shape index (κ2) is 6.28. The molecule has 0 nitrogen and oxygen atoms in total. The van der Waals surface area contributed by atoms with Gasteiger partial charge in [-0.15, -0.1) is 0 Å². The fourth-order valence-electron chi connectivity index (χ4n) is 3.28. The van der Waals surface area contributed by atoms with Gasteiger partial charge in [0.15, 0.2) is 0 Å². The van der Waals surface area contributed by atoms with Crippen LogP contribution in [0.15, 0.2) is 40.0 Å². The molecule has 0 saturated heterocycles. The van der Waals surface area contributed by atoms with Crippen molar-refractivity contribution in [1.82, 2.24) is 0 Å². The van der Waals surface area contributed by atoms with Crippen molar-refractivity contribution in [2.75, 3.05) is 0 Å². The average Bonchev–Trinajstić information content (AvgIpc) is 2.68. The molecule has 0 radical (unpaired) electrons. The van der Waals surface area contributed by atoms with Gasteiger partial charge in [-0.25, -0.2) is 0 Å². The number of hydrogen-bond donors (Lipinski definition) is 0. The van der Waals surface area contributed by atoms with Crippen LogP contribution in [0.4, 0.5) is 0 Å². The fourth-order valence-corrected chi connectivity index (χ4v) is 17.8. The van der Waals surface area contributed by atoms with Gasteiger partial charge in [0.2, 0.25) is 0 Å². The van der Waals surface area contributed by atoms with Crippen molar-refractivity contribution in [3.63, 3.8) is 0 Å². The Morgan fingerprint density at radius 2 is 0.947 bits per heavy atom. The van der Waals surface area contributed by atoms with Crippen LogP contribution < -0.4 is 0 Å². The van der Waals surface area contributed by atoms with Crippen molar-refractivity contribution < 1.29 is 23.2 Å². The van der Waals surface area contributed by atoms with E-state index in [2.05, 4.69) is 41.5 Å². The second-order valence-electron chi connectivity index (χ2n) is 6.26. The zero-order valence-corrected chi connectivity index (χ0v) is 27.5. The predicted octanol–water partition coefficient (Wildman–Crippen LogP) is 2.62. The van der Waals surface area contributed by atoms with Gasteiger partial charge < -0.3 is 0 Å². The molecule has 0 fully saturated rings. The van der Waals surface area contributed by atoms with Crippen molar-refractivity contribution >= 4 is 45.0 Å². The molecule has 0 bridgehead atoms. The first-order valence-electron chi connectivity index (χ1n) is 7.31. The van der Waals surface area contributed by atoms with Gasteiger partial charge in [0.1, 0.15) is 0 Å². The van der Waals surface area contributed by atoms with Crippen LogP contribution in [0.1, 0.15) is 41.5 Å². The Morgan fingerprint density at radius 1 is 0.632 bits per heavy atom. The molecule has 0 N–H and O–H groups in total. The van der Waals surface area contributed by atoms with Crippen LogP contribution in [0.2, 0.25) is 7.87 Å². The Bertz CT molecular complexity index is 511. The standard InChI is InChI=1S/2C8H10.2Sn.Zr.6H/c2*1-6-4-5-7(2)8(6)3;;;;;;;;;/h2*4H,1-3H3;;;;;;;;;. The van der Waals surface area contributed by atoms with Gasteiger partial charge in [-0.3, -0.25) is 0 Å². The third-order valence-corrected chi connectivity index (χ3v) is 27.2. The topological polar surface area (TPSA) is 0 Å². The number of allylic oxidation sites excluding steroid dienone is 8. The zero-order chi connectivity index (χ0) is 14.5. The van der Waals surface area contributed by atoms with Gasteiger partial charge in [0.05, 0.1) is 0 Å². The van der Waals surface area contributed by atoms with E-state index in [1.165, 1.54) is 0 Å². The summed E-state index contributed by atoms with van der Waals surface area (Å²) in [5, 5.41) is 0. The minimum atomic E-state index is -0.496. The molecule has 19 heavy (non-hydrogen) atoms. The van der Waals surface area contributed by atoms with E-state index >= 15 is 0 Å². The number of hydrogen-bond acceptors (Lipinski definition) is 0.